The lowest BCUT2D eigenvalue weighted by atomic mass is 10.2. The van der Waals surface area contributed by atoms with Gasteiger partial charge in [-0.15, -0.1) is 0 Å². The molecule has 0 radical (unpaired) electrons. The molecule has 0 saturated carbocycles. The van der Waals surface area contributed by atoms with Crippen LogP contribution in [0, 0.1) is 6.92 Å². The Bertz CT molecular complexity index is 1160. The number of carbonyl (C=O) groups is 3. The van der Waals surface area contributed by atoms with Gasteiger partial charge >= 0.3 is 11.8 Å². The lowest BCUT2D eigenvalue weighted by Crippen LogP contribution is -2.32. The van der Waals surface area contributed by atoms with Crippen molar-refractivity contribution in [2.24, 2.45) is 5.10 Å². The highest BCUT2D eigenvalue weighted by molar-refractivity contribution is 6.39. The van der Waals surface area contributed by atoms with Crippen molar-refractivity contribution in [2.75, 3.05) is 10.6 Å². The van der Waals surface area contributed by atoms with Crippen molar-refractivity contribution >= 4 is 35.3 Å². The molecule has 3 aromatic carbocycles. The van der Waals surface area contributed by atoms with Crippen LogP contribution in [0.1, 0.15) is 23.6 Å². The van der Waals surface area contributed by atoms with E-state index < -0.39 is 11.8 Å². The highest BCUT2D eigenvalue weighted by Gasteiger charge is 2.12. The Morgan fingerprint density at radius 1 is 0.879 bits per heavy atom. The van der Waals surface area contributed by atoms with E-state index in [4.69, 9.17) is 4.74 Å². The van der Waals surface area contributed by atoms with Crippen LogP contribution in [-0.2, 0) is 21.0 Å². The van der Waals surface area contributed by atoms with E-state index >= 15 is 0 Å². The largest absolute Gasteiger partial charge is 0.489 e. The molecule has 3 aromatic rings. The van der Waals surface area contributed by atoms with Gasteiger partial charge in [0.05, 0.1) is 6.21 Å². The van der Waals surface area contributed by atoms with E-state index in [1.54, 1.807) is 36.4 Å². The Morgan fingerprint density at radius 3 is 2.21 bits per heavy atom. The number of amides is 3. The Balaban J connectivity index is 1.49. The molecule has 0 bridgehead atoms. The molecule has 0 spiro atoms. The van der Waals surface area contributed by atoms with E-state index in [0.29, 0.717) is 29.3 Å². The number of hydrogen-bond acceptors (Lipinski definition) is 5. The second kappa shape index (κ2) is 11.2. The Morgan fingerprint density at radius 2 is 1.55 bits per heavy atom. The van der Waals surface area contributed by atoms with Crippen LogP contribution in [0.25, 0.3) is 0 Å². The first-order valence-electron chi connectivity index (χ1n) is 10.2. The van der Waals surface area contributed by atoms with Crippen LogP contribution in [0.3, 0.4) is 0 Å². The summed E-state index contributed by atoms with van der Waals surface area (Å²) in [6.45, 7) is 3.86. The van der Waals surface area contributed by atoms with Crippen molar-refractivity contribution in [1.82, 2.24) is 5.43 Å². The summed E-state index contributed by atoms with van der Waals surface area (Å²) in [4.78, 5) is 35.0. The van der Waals surface area contributed by atoms with Gasteiger partial charge in [0.15, 0.2) is 0 Å². The standard InChI is InChI=1S/C25H24N4O4/c1-17-6-8-19(9-7-17)16-33-23-5-3-4-20(14-23)15-26-29-25(32)24(31)28-22-12-10-21(11-13-22)27-18(2)30/h3-15H,16H2,1-2H3,(H,27,30)(H,28,31)(H,29,32). The molecule has 0 aliphatic heterocycles. The average Bonchev–Trinajstić information content (AvgIpc) is 2.80. The van der Waals surface area contributed by atoms with Crippen molar-refractivity contribution in [2.45, 2.75) is 20.5 Å². The number of nitrogens with one attached hydrogen (secondary N) is 3. The van der Waals surface area contributed by atoms with Gasteiger partial charge in [-0.3, -0.25) is 14.4 Å². The molecule has 33 heavy (non-hydrogen) atoms. The van der Waals surface area contributed by atoms with Gasteiger partial charge in [-0.2, -0.15) is 5.10 Å². The summed E-state index contributed by atoms with van der Waals surface area (Å²) < 4.78 is 5.80. The van der Waals surface area contributed by atoms with E-state index in [-0.39, 0.29) is 5.91 Å². The van der Waals surface area contributed by atoms with Gasteiger partial charge in [0, 0.05) is 18.3 Å². The SMILES string of the molecule is CC(=O)Nc1ccc(NC(=O)C(=O)NN=Cc2cccc(OCc3ccc(C)cc3)c2)cc1. The molecule has 0 heterocycles. The third kappa shape index (κ3) is 7.62. The molecule has 0 aromatic heterocycles. The average molecular weight is 444 g/mol. The summed E-state index contributed by atoms with van der Waals surface area (Å²) in [7, 11) is 0. The zero-order chi connectivity index (χ0) is 23.6. The van der Waals surface area contributed by atoms with Crippen LogP contribution >= 0.6 is 0 Å². The third-order valence-corrected chi connectivity index (χ3v) is 4.43. The maximum atomic E-state index is 12.0. The van der Waals surface area contributed by atoms with Crippen molar-refractivity contribution in [1.29, 1.82) is 0 Å². The molecule has 0 aliphatic carbocycles. The van der Waals surface area contributed by atoms with E-state index in [2.05, 4.69) is 21.2 Å². The van der Waals surface area contributed by atoms with Crippen LogP contribution in [-0.4, -0.2) is 23.9 Å². The number of carbonyl (C=O) groups excluding carboxylic acids is 3. The number of hydrazone groups is 1. The van der Waals surface area contributed by atoms with Crippen LogP contribution in [0.2, 0.25) is 0 Å². The second-order valence-electron chi connectivity index (χ2n) is 7.26. The Hall–Kier alpha value is -4.46. The minimum atomic E-state index is -0.913. The van der Waals surface area contributed by atoms with E-state index in [1.165, 1.54) is 18.7 Å². The van der Waals surface area contributed by atoms with Crippen molar-refractivity contribution in [3.8, 4) is 5.75 Å². The number of anilines is 2. The van der Waals surface area contributed by atoms with Crippen LogP contribution < -0.4 is 20.8 Å². The lowest BCUT2D eigenvalue weighted by molar-refractivity contribution is -0.136. The molecule has 0 unspecified atom stereocenters. The molecule has 8 heteroatoms. The monoisotopic (exact) mass is 444 g/mol. The minimum Gasteiger partial charge on any atom is -0.489 e. The van der Waals surface area contributed by atoms with Gasteiger partial charge in [-0.05, 0) is 54.4 Å². The zero-order valence-electron chi connectivity index (χ0n) is 18.3. The summed E-state index contributed by atoms with van der Waals surface area (Å²) in [5, 5.41) is 8.90. The molecular formula is C25H24N4O4. The van der Waals surface area contributed by atoms with Gasteiger partial charge in [-0.25, -0.2) is 5.43 Å². The summed E-state index contributed by atoms with van der Waals surface area (Å²) in [6, 6.07) is 21.7. The lowest BCUT2D eigenvalue weighted by Gasteiger charge is -2.07. The predicted octanol–water partition coefficient (Wildman–Crippen LogP) is 3.62. The normalized spacial score (nSPS) is 10.5. The van der Waals surface area contributed by atoms with Crippen LogP contribution in [0.4, 0.5) is 11.4 Å². The number of nitrogens with zero attached hydrogens (tertiary/aromatic N) is 1. The number of ether oxygens (including phenoxy) is 1. The molecule has 3 rings (SSSR count). The summed E-state index contributed by atoms with van der Waals surface area (Å²) in [5.74, 6) is -1.32. The zero-order valence-corrected chi connectivity index (χ0v) is 18.3. The predicted molar refractivity (Wildman–Crippen MR) is 127 cm³/mol. The smallest absolute Gasteiger partial charge is 0.329 e. The fourth-order valence-corrected chi connectivity index (χ4v) is 2.78. The maximum Gasteiger partial charge on any atom is 0.329 e. The number of hydrogen-bond donors (Lipinski definition) is 3. The Kier molecular flexibility index (Phi) is 7.91. The Labute approximate surface area is 191 Å². The minimum absolute atomic E-state index is 0.201. The first-order valence-corrected chi connectivity index (χ1v) is 10.2. The van der Waals surface area contributed by atoms with E-state index in [1.807, 2.05) is 43.3 Å². The highest BCUT2D eigenvalue weighted by Crippen LogP contribution is 2.15. The summed E-state index contributed by atoms with van der Waals surface area (Å²) in [5.41, 5.74) is 6.13. The number of rotatable bonds is 7. The molecule has 3 N–H and O–H groups in total. The van der Waals surface area contributed by atoms with Gasteiger partial charge in [0.1, 0.15) is 12.4 Å². The quantitative estimate of drug-likeness (QED) is 0.294. The number of benzene rings is 3. The van der Waals surface area contributed by atoms with Crippen molar-refractivity contribution in [3.63, 3.8) is 0 Å². The molecular weight excluding hydrogens is 420 g/mol. The van der Waals surface area contributed by atoms with Gasteiger partial charge in [-0.1, -0.05) is 42.0 Å². The number of aryl methyl sites for hydroxylation is 1. The first kappa shape index (κ1) is 23.2. The summed E-state index contributed by atoms with van der Waals surface area (Å²) in [6.07, 6.45) is 1.42. The second-order valence-corrected chi connectivity index (χ2v) is 7.26. The van der Waals surface area contributed by atoms with Crippen molar-refractivity contribution < 1.29 is 19.1 Å². The molecule has 3 amide bonds. The fraction of sp³-hybridized carbons (Fsp3) is 0.120. The summed E-state index contributed by atoms with van der Waals surface area (Å²) >= 11 is 0. The maximum absolute atomic E-state index is 12.0. The first-order chi connectivity index (χ1) is 15.9. The van der Waals surface area contributed by atoms with Crippen LogP contribution in [0.5, 0.6) is 5.75 Å². The third-order valence-electron chi connectivity index (χ3n) is 4.43. The molecule has 0 atom stereocenters. The molecule has 0 aliphatic rings. The molecule has 168 valence electrons. The van der Waals surface area contributed by atoms with Gasteiger partial charge in [0.2, 0.25) is 5.91 Å². The van der Waals surface area contributed by atoms with Gasteiger partial charge < -0.3 is 15.4 Å². The molecule has 0 fully saturated rings. The van der Waals surface area contributed by atoms with E-state index in [0.717, 1.165) is 5.56 Å². The molecule has 8 nitrogen and oxygen atoms in total. The van der Waals surface area contributed by atoms with Crippen LogP contribution in [0.15, 0.2) is 77.9 Å². The van der Waals surface area contributed by atoms with Crippen molar-refractivity contribution in [3.05, 3.63) is 89.5 Å². The van der Waals surface area contributed by atoms with E-state index in [9.17, 15) is 14.4 Å². The topological polar surface area (TPSA) is 109 Å². The van der Waals surface area contributed by atoms with Gasteiger partial charge in [0.25, 0.3) is 0 Å². The highest BCUT2D eigenvalue weighted by atomic mass is 16.5. The molecule has 0 saturated heterocycles. The fourth-order valence-electron chi connectivity index (χ4n) is 2.78.